The van der Waals surface area contributed by atoms with E-state index in [9.17, 15) is 13.2 Å². The Morgan fingerprint density at radius 1 is 1.04 bits per heavy atom. The van der Waals surface area contributed by atoms with Crippen molar-refractivity contribution in [1.82, 2.24) is 5.32 Å². The van der Waals surface area contributed by atoms with Crippen molar-refractivity contribution < 1.29 is 17.9 Å². The molecule has 0 radical (unpaired) electrons. The first-order valence-electron chi connectivity index (χ1n) is 9.04. The quantitative estimate of drug-likeness (QED) is 0.812. The van der Waals surface area contributed by atoms with Crippen LogP contribution in [0.4, 0.5) is 13.2 Å². The molecule has 1 N–H and O–H groups in total. The highest BCUT2D eigenvalue weighted by atomic mass is 19.2. The molecular weight excluding hydrogens is 315 g/mol. The van der Waals surface area contributed by atoms with E-state index in [1.54, 1.807) is 0 Å². The van der Waals surface area contributed by atoms with Crippen molar-refractivity contribution in [2.75, 3.05) is 13.2 Å². The van der Waals surface area contributed by atoms with Gasteiger partial charge in [0.15, 0.2) is 11.6 Å². The maximum atomic E-state index is 13.9. The summed E-state index contributed by atoms with van der Waals surface area (Å²) in [6, 6.07) is 2.27. The summed E-state index contributed by atoms with van der Waals surface area (Å²) >= 11 is 0. The summed E-state index contributed by atoms with van der Waals surface area (Å²) in [5.41, 5.74) is -0.0870. The molecule has 1 heterocycles. The Labute approximate surface area is 141 Å². The highest BCUT2D eigenvalue weighted by Gasteiger charge is 2.29. The molecule has 2 nitrogen and oxygen atoms in total. The van der Waals surface area contributed by atoms with Gasteiger partial charge in [0.25, 0.3) is 0 Å². The van der Waals surface area contributed by atoms with E-state index in [1.165, 1.54) is 12.8 Å². The summed E-state index contributed by atoms with van der Waals surface area (Å²) in [7, 11) is 0. The zero-order valence-electron chi connectivity index (χ0n) is 14.2. The summed E-state index contributed by atoms with van der Waals surface area (Å²) in [5.74, 6) is -2.28. The van der Waals surface area contributed by atoms with Crippen LogP contribution in [-0.2, 0) is 4.74 Å². The molecular formula is C19H26F3NO. The lowest BCUT2D eigenvalue weighted by molar-refractivity contribution is 0.000813. The van der Waals surface area contributed by atoms with Crippen LogP contribution in [-0.4, -0.2) is 25.3 Å². The molecule has 1 saturated heterocycles. The second-order valence-electron chi connectivity index (χ2n) is 7.24. The van der Waals surface area contributed by atoms with Crippen LogP contribution in [0, 0.1) is 23.4 Å². The Hall–Kier alpha value is -1.07. The van der Waals surface area contributed by atoms with E-state index in [2.05, 4.69) is 12.2 Å². The monoisotopic (exact) mass is 341 g/mol. The van der Waals surface area contributed by atoms with Crippen LogP contribution >= 0.6 is 0 Å². The minimum Gasteiger partial charge on any atom is -0.377 e. The van der Waals surface area contributed by atoms with Gasteiger partial charge in [-0.25, -0.2) is 13.2 Å². The number of benzene rings is 1. The van der Waals surface area contributed by atoms with Crippen molar-refractivity contribution in [3.8, 4) is 0 Å². The number of ether oxygens (including phenoxy) is 1. The van der Waals surface area contributed by atoms with Gasteiger partial charge in [0.05, 0.1) is 12.7 Å². The third-order valence-corrected chi connectivity index (χ3v) is 5.60. The molecule has 2 atom stereocenters. The molecule has 0 aromatic heterocycles. The van der Waals surface area contributed by atoms with Crippen LogP contribution in [0.3, 0.4) is 0 Å². The van der Waals surface area contributed by atoms with Crippen molar-refractivity contribution in [3.05, 3.63) is 35.1 Å². The maximum absolute atomic E-state index is 13.9. The fourth-order valence-corrected chi connectivity index (χ4v) is 4.01. The molecule has 1 saturated carbocycles. The number of hydrogen-bond acceptors (Lipinski definition) is 2. The standard InChI is InChI=1S/C19H26F3NO/c1-12-3-2-10-23-17(12)11-24-14-6-4-13(5-7-14)18-15(20)8-9-16(21)19(18)22/h8-9,12-14,17,23H,2-7,10-11H2,1H3/t12-,13?,14?,17-/m0/s1. The topological polar surface area (TPSA) is 21.3 Å². The molecule has 1 aliphatic carbocycles. The predicted octanol–water partition coefficient (Wildman–Crippen LogP) is 4.53. The first-order chi connectivity index (χ1) is 11.6. The second-order valence-corrected chi connectivity index (χ2v) is 7.24. The highest BCUT2D eigenvalue weighted by molar-refractivity contribution is 5.25. The number of halogens is 3. The van der Waals surface area contributed by atoms with E-state index in [0.29, 0.717) is 31.4 Å². The minimum atomic E-state index is -1.03. The minimum absolute atomic E-state index is 0.0870. The van der Waals surface area contributed by atoms with E-state index in [0.717, 1.165) is 31.5 Å². The molecule has 3 rings (SSSR count). The lowest BCUT2D eigenvalue weighted by atomic mass is 9.82. The summed E-state index contributed by atoms with van der Waals surface area (Å²) < 4.78 is 47.2. The lowest BCUT2D eigenvalue weighted by Crippen LogP contribution is -2.44. The van der Waals surface area contributed by atoms with Gasteiger partial charge in [0.2, 0.25) is 0 Å². The molecule has 1 aliphatic heterocycles. The summed E-state index contributed by atoms with van der Waals surface area (Å²) in [5, 5.41) is 3.50. The Morgan fingerprint density at radius 3 is 2.46 bits per heavy atom. The van der Waals surface area contributed by atoms with E-state index in [1.807, 2.05) is 0 Å². The first-order valence-corrected chi connectivity index (χ1v) is 9.04. The number of piperidine rings is 1. The van der Waals surface area contributed by atoms with Crippen molar-refractivity contribution >= 4 is 0 Å². The zero-order valence-corrected chi connectivity index (χ0v) is 14.2. The summed E-state index contributed by atoms with van der Waals surface area (Å²) in [6.07, 6.45) is 5.38. The smallest absolute Gasteiger partial charge is 0.165 e. The Morgan fingerprint density at radius 2 is 1.75 bits per heavy atom. The zero-order chi connectivity index (χ0) is 17.1. The first kappa shape index (κ1) is 17.7. The van der Waals surface area contributed by atoms with E-state index >= 15 is 0 Å². The van der Waals surface area contributed by atoms with Crippen LogP contribution in [0.1, 0.15) is 56.9 Å². The molecule has 5 heteroatoms. The van der Waals surface area contributed by atoms with Crippen molar-refractivity contribution in [3.63, 3.8) is 0 Å². The van der Waals surface area contributed by atoms with Gasteiger partial charge in [0, 0.05) is 11.6 Å². The van der Waals surface area contributed by atoms with Gasteiger partial charge in [-0.05, 0) is 69.0 Å². The number of hydrogen-bond donors (Lipinski definition) is 1. The SMILES string of the molecule is C[C@H]1CCCN[C@H]1COC1CCC(c2c(F)ccc(F)c2F)CC1. The van der Waals surface area contributed by atoms with Gasteiger partial charge in [-0.3, -0.25) is 0 Å². The molecule has 0 spiro atoms. The van der Waals surface area contributed by atoms with Crippen molar-refractivity contribution in [2.45, 2.75) is 63.5 Å². The molecule has 134 valence electrons. The molecule has 24 heavy (non-hydrogen) atoms. The molecule has 2 aliphatic rings. The highest BCUT2D eigenvalue weighted by Crippen LogP contribution is 2.37. The molecule has 0 unspecified atom stereocenters. The molecule has 2 fully saturated rings. The number of rotatable bonds is 4. The van der Waals surface area contributed by atoms with Crippen LogP contribution < -0.4 is 5.32 Å². The Balaban J connectivity index is 1.52. The van der Waals surface area contributed by atoms with Gasteiger partial charge in [-0.15, -0.1) is 0 Å². The maximum Gasteiger partial charge on any atom is 0.165 e. The largest absolute Gasteiger partial charge is 0.377 e. The number of nitrogens with one attached hydrogen (secondary N) is 1. The fourth-order valence-electron chi connectivity index (χ4n) is 4.01. The fraction of sp³-hybridized carbons (Fsp3) is 0.684. The average Bonchev–Trinajstić information content (AvgIpc) is 2.59. The van der Waals surface area contributed by atoms with Gasteiger partial charge in [0.1, 0.15) is 5.82 Å². The van der Waals surface area contributed by atoms with Crippen LogP contribution in [0.5, 0.6) is 0 Å². The van der Waals surface area contributed by atoms with Gasteiger partial charge < -0.3 is 10.1 Å². The van der Waals surface area contributed by atoms with Crippen molar-refractivity contribution in [1.29, 1.82) is 0 Å². The Kier molecular flexibility index (Phi) is 5.82. The second kappa shape index (κ2) is 7.87. The average molecular weight is 341 g/mol. The lowest BCUT2D eigenvalue weighted by Gasteiger charge is -2.33. The Bertz CT molecular complexity index is 558. The van der Waals surface area contributed by atoms with E-state index in [-0.39, 0.29) is 17.6 Å². The normalized spacial score (nSPS) is 31.2. The van der Waals surface area contributed by atoms with Gasteiger partial charge in [-0.2, -0.15) is 0 Å². The summed E-state index contributed by atoms with van der Waals surface area (Å²) in [4.78, 5) is 0. The van der Waals surface area contributed by atoms with E-state index < -0.39 is 17.5 Å². The molecule has 1 aromatic carbocycles. The van der Waals surface area contributed by atoms with E-state index in [4.69, 9.17) is 4.74 Å². The molecule has 0 amide bonds. The van der Waals surface area contributed by atoms with Crippen molar-refractivity contribution in [2.24, 2.45) is 5.92 Å². The van der Waals surface area contributed by atoms with Crippen LogP contribution in [0.15, 0.2) is 12.1 Å². The third-order valence-electron chi connectivity index (χ3n) is 5.60. The molecule has 0 bridgehead atoms. The van der Waals surface area contributed by atoms with Gasteiger partial charge in [-0.1, -0.05) is 6.92 Å². The predicted molar refractivity (Wildman–Crippen MR) is 87.5 cm³/mol. The summed E-state index contributed by atoms with van der Waals surface area (Å²) in [6.45, 7) is 3.98. The van der Waals surface area contributed by atoms with Crippen LogP contribution in [0.2, 0.25) is 0 Å². The molecule has 1 aromatic rings. The van der Waals surface area contributed by atoms with Gasteiger partial charge >= 0.3 is 0 Å². The third kappa shape index (κ3) is 3.94. The van der Waals surface area contributed by atoms with Crippen LogP contribution in [0.25, 0.3) is 0 Å².